The largest absolute Gasteiger partial charge is 0.493 e. The van der Waals surface area contributed by atoms with Gasteiger partial charge in [-0.05, 0) is 17.7 Å². The molecule has 188 valence electrons. The Morgan fingerprint density at radius 2 is 1.39 bits per heavy atom. The van der Waals surface area contributed by atoms with Gasteiger partial charge in [-0.1, -0.05) is 48.5 Å². The van der Waals surface area contributed by atoms with E-state index in [-0.39, 0.29) is 6.42 Å². The van der Waals surface area contributed by atoms with Crippen molar-refractivity contribution >= 4 is 23.5 Å². The zero-order valence-electron chi connectivity index (χ0n) is 20.3. The summed E-state index contributed by atoms with van der Waals surface area (Å²) >= 11 is 0. The molecule has 0 spiro atoms. The zero-order valence-corrected chi connectivity index (χ0v) is 20.3. The van der Waals surface area contributed by atoms with Crippen molar-refractivity contribution in [2.75, 3.05) is 33.3 Å². The highest BCUT2D eigenvalue weighted by atomic mass is 16.5. The average molecular weight is 493 g/mol. The maximum atomic E-state index is 12.9. The van der Waals surface area contributed by atoms with Crippen LogP contribution in [-0.2, 0) is 20.7 Å². The highest BCUT2D eigenvalue weighted by molar-refractivity contribution is 5.97. The molecule has 2 N–H and O–H groups in total. The van der Waals surface area contributed by atoms with Crippen molar-refractivity contribution in [1.29, 1.82) is 0 Å². The van der Waals surface area contributed by atoms with Gasteiger partial charge in [-0.2, -0.15) is 0 Å². The minimum atomic E-state index is -0.992. The lowest BCUT2D eigenvalue weighted by molar-refractivity contribution is -0.149. The van der Waals surface area contributed by atoms with Gasteiger partial charge in [0, 0.05) is 29.8 Å². The number of rotatable bonds is 11. The SMILES string of the molecule is COc1cc(NC(=O)COC(=O)C(Cc2ccccc2)NC(=O)c2ccccc2)cc(OC)c1OC. The van der Waals surface area contributed by atoms with Crippen LogP contribution in [0.15, 0.2) is 72.8 Å². The molecule has 0 saturated carbocycles. The predicted molar refractivity (Wildman–Crippen MR) is 134 cm³/mol. The lowest BCUT2D eigenvalue weighted by atomic mass is 10.1. The Morgan fingerprint density at radius 1 is 0.806 bits per heavy atom. The average Bonchev–Trinajstić information content (AvgIpc) is 2.91. The van der Waals surface area contributed by atoms with E-state index in [1.807, 2.05) is 30.3 Å². The minimum absolute atomic E-state index is 0.201. The van der Waals surface area contributed by atoms with Crippen molar-refractivity contribution < 1.29 is 33.3 Å². The van der Waals surface area contributed by atoms with Gasteiger partial charge in [-0.3, -0.25) is 9.59 Å². The molecule has 3 rings (SSSR count). The van der Waals surface area contributed by atoms with Crippen LogP contribution >= 0.6 is 0 Å². The number of hydrogen-bond donors (Lipinski definition) is 2. The molecule has 36 heavy (non-hydrogen) atoms. The summed E-state index contributed by atoms with van der Waals surface area (Å²) in [7, 11) is 4.39. The van der Waals surface area contributed by atoms with Crippen LogP contribution in [0.2, 0.25) is 0 Å². The van der Waals surface area contributed by atoms with Gasteiger partial charge in [0.05, 0.1) is 21.3 Å². The van der Waals surface area contributed by atoms with Gasteiger partial charge < -0.3 is 29.6 Å². The van der Waals surface area contributed by atoms with Gasteiger partial charge in [0.25, 0.3) is 11.8 Å². The topological polar surface area (TPSA) is 112 Å². The van der Waals surface area contributed by atoms with Crippen molar-refractivity contribution in [2.24, 2.45) is 0 Å². The van der Waals surface area contributed by atoms with Crippen molar-refractivity contribution in [2.45, 2.75) is 12.5 Å². The molecule has 0 saturated heterocycles. The molecule has 0 aromatic heterocycles. The van der Waals surface area contributed by atoms with Crippen molar-refractivity contribution in [1.82, 2.24) is 5.32 Å². The number of methoxy groups -OCH3 is 3. The minimum Gasteiger partial charge on any atom is -0.493 e. The van der Waals surface area contributed by atoms with Crippen LogP contribution in [0.1, 0.15) is 15.9 Å². The summed E-state index contributed by atoms with van der Waals surface area (Å²) < 4.78 is 21.1. The Hall–Kier alpha value is -4.53. The second-order valence-electron chi connectivity index (χ2n) is 7.65. The van der Waals surface area contributed by atoms with Crippen LogP contribution in [0.25, 0.3) is 0 Å². The quantitative estimate of drug-likeness (QED) is 0.395. The van der Waals surface area contributed by atoms with Crippen molar-refractivity contribution in [3.8, 4) is 17.2 Å². The molecule has 3 aromatic carbocycles. The summed E-state index contributed by atoms with van der Waals surface area (Å²) in [6, 6.07) is 19.9. The van der Waals surface area contributed by atoms with E-state index < -0.39 is 30.4 Å². The molecular formula is C27H28N2O7. The summed E-state index contributed by atoms with van der Waals surface area (Å²) in [6.07, 6.45) is 0.201. The van der Waals surface area contributed by atoms with Gasteiger partial charge >= 0.3 is 5.97 Å². The van der Waals surface area contributed by atoms with Crippen LogP contribution in [-0.4, -0.2) is 51.8 Å². The van der Waals surface area contributed by atoms with Crippen molar-refractivity contribution in [3.63, 3.8) is 0 Å². The number of anilines is 1. The molecule has 0 aliphatic heterocycles. The van der Waals surface area contributed by atoms with Gasteiger partial charge in [0.2, 0.25) is 5.75 Å². The monoisotopic (exact) mass is 492 g/mol. The molecule has 1 unspecified atom stereocenters. The molecule has 9 nitrogen and oxygen atoms in total. The highest BCUT2D eigenvalue weighted by Crippen LogP contribution is 2.39. The van der Waals surface area contributed by atoms with Crippen LogP contribution in [0.4, 0.5) is 5.69 Å². The fraction of sp³-hybridized carbons (Fsp3) is 0.222. The van der Waals surface area contributed by atoms with Gasteiger partial charge in [-0.25, -0.2) is 4.79 Å². The summed E-state index contributed by atoms with van der Waals surface area (Å²) in [4.78, 5) is 38.1. The van der Waals surface area contributed by atoms with Crippen molar-refractivity contribution in [3.05, 3.63) is 83.9 Å². The number of carbonyl (C=O) groups is 3. The number of carbonyl (C=O) groups excluding carboxylic acids is 3. The van der Waals surface area contributed by atoms with E-state index in [0.717, 1.165) is 5.56 Å². The summed E-state index contributed by atoms with van der Waals surface area (Å²) in [5, 5.41) is 5.34. The molecule has 1 atom stereocenters. The maximum Gasteiger partial charge on any atom is 0.329 e. The van der Waals surface area contributed by atoms with Crippen LogP contribution in [0, 0.1) is 0 Å². The van der Waals surface area contributed by atoms with Crippen LogP contribution < -0.4 is 24.8 Å². The first-order valence-electron chi connectivity index (χ1n) is 11.1. The molecule has 0 fully saturated rings. The Kier molecular flexibility index (Phi) is 9.27. The van der Waals surface area contributed by atoms with E-state index >= 15 is 0 Å². The van der Waals surface area contributed by atoms with Gasteiger partial charge in [-0.15, -0.1) is 0 Å². The lowest BCUT2D eigenvalue weighted by Crippen LogP contribution is -2.44. The fourth-order valence-electron chi connectivity index (χ4n) is 3.46. The lowest BCUT2D eigenvalue weighted by Gasteiger charge is -2.18. The normalized spacial score (nSPS) is 11.1. The van der Waals surface area contributed by atoms with Crippen LogP contribution in [0.5, 0.6) is 17.2 Å². The first kappa shape index (κ1) is 26.1. The maximum absolute atomic E-state index is 12.9. The first-order chi connectivity index (χ1) is 17.4. The highest BCUT2D eigenvalue weighted by Gasteiger charge is 2.24. The number of benzene rings is 3. The molecule has 0 heterocycles. The molecule has 0 radical (unpaired) electrons. The fourth-order valence-corrected chi connectivity index (χ4v) is 3.46. The second-order valence-corrected chi connectivity index (χ2v) is 7.65. The predicted octanol–water partition coefficient (Wildman–Crippen LogP) is 3.24. The molecule has 0 aliphatic rings. The third kappa shape index (κ3) is 6.99. The summed E-state index contributed by atoms with van der Waals surface area (Å²) in [5.74, 6) is -0.641. The number of amides is 2. The van der Waals surface area contributed by atoms with E-state index in [4.69, 9.17) is 18.9 Å². The van der Waals surface area contributed by atoms with Gasteiger partial charge in [0.1, 0.15) is 6.04 Å². The second kappa shape index (κ2) is 12.8. The molecule has 2 amide bonds. The van der Waals surface area contributed by atoms with Gasteiger partial charge in [0.15, 0.2) is 18.1 Å². The third-order valence-electron chi connectivity index (χ3n) is 5.20. The summed E-state index contributed by atoms with van der Waals surface area (Å²) in [5.41, 5.74) is 1.60. The van der Waals surface area contributed by atoms with E-state index in [1.54, 1.807) is 42.5 Å². The molecule has 3 aromatic rings. The van der Waals surface area contributed by atoms with E-state index in [9.17, 15) is 14.4 Å². The van der Waals surface area contributed by atoms with E-state index in [1.165, 1.54) is 21.3 Å². The van der Waals surface area contributed by atoms with E-state index in [2.05, 4.69) is 10.6 Å². The first-order valence-corrected chi connectivity index (χ1v) is 11.1. The van der Waals surface area contributed by atoms with E-state index in [0.29, 0.717) is 28.5 Å². The number of ether oxygens (including phenoxy) is 4. The zero-order chi connectivity index (χ0) is 25.9. The summed E-state index contributed by atoms with van der Waals surface area (Å²) in [6.45, 7) is -0.554. The Morgan fingerprint density at radius 3 is 1.94 bits per heavy atom. The number of esters is 1. The molecular weight excluding hydrogens is 464 g/mol. The number of nitrogens with one attached hydrogen (secondary N) is 2. The molecule has 9 heteroatoms. The Bertz CT molecular complexity index is 1160. The third-order valence-corrected chi connectivity index (χ3v) is 5.20. The smallest absolute Gasteiger partial charge is 0.329 e. The molecule has 0 bridgehead atoms. The Balaban J connectivity index is 1.67. The standard InChI is InChI=1S/C27H28N2O7/c1-33-22-15-20(16-23(34-2)25(22)35-3)28-24(30)17-36-27(32)21(14-18-10-6-4-7-11-18)29-26(31)19-12-8-5-9-13-19/h4-13,15-16,21H,14,17H2,1-3H3,(H,28,30)(H,29,31). The Labute approximate surface area is 209 Å². The van der Waals surface area contributed by atoms with Crippen LogP contribution in [0.3, 0.4) is 0 Å². The molecule has 0 aliphatic carbocycles. The number of hydrogen-bond acceptors (Lipinski definition) is 7.